The first kappa shape index (κ1) is 32.9. The zero-order valence-corrected chi connectivity index (χ0v) is 12.9. The maximum Gasteiger partial charge on any atom is 1.00 e. The van der Waals surface area contributed by atoms with Crippen LogP contribution in [0.3, 0.4) is 0 Å². The summed E-state index contributed by atoms with van der Waals surface area (Å²) in [5.41, 5.74) is 10.3. The zero-order chi connectivity index (χ0) is 14.6. The number of aliphatic carboxylic acids is 3. The van der Waals surface area contributed by atoms with Crippen LogP contribution in [0.5, 0.6) is 0 Å². The minimum Gasteiger partial charge on any atom is -0.550 e. The predicted molar refractivity (Wildman–Crippen MR) is 55.1 cm³/mol. The van der Waals surface area contributed by atoms with Gasteiger partial charge in [-0.2, -0.15) is 0 Å². The molecule has 0 saturated carbocycles. The molecule has 0 fully saturated rings. The average molecular weight is 282 g/mol. The van der Waals surface area contributed by atoms with Crippen molar-refractivity contribution in [3.05, 3.63) is 0 Å². The third kappa shape index (κ3) is 33.1. The van der Waals surface area contributed by atoms with Gasteiger partial charge in [-0.15, -0.1) is 0 Å². The van der Waals surface area contributed by atoms with E-state index >= 15 is 0 Å². The van der Waals surface area contributed by atoms with E-state index in [2.05, 4.69) is 0 Å². The molecule has 0 aliphatic heterocycles. The molecule has 0 amide bonds. The van der Waals surface area contributed by atoms with Crippen LogP contribution in [0.4, 0.5) is 0 Å². The Hall–Kier alpha value is 0.122. The molecule has 0 heterocycles. The Kier molecular flexibility index (Phi) is 35.1. The van der Waals surface area contributed by atoms with Gasteiger partial charge in [0.05, 0.1) is 5.97 Å². The molecule has 0 aromatic carbocycles. The Morgan fingerprint density at radius 1 is 0.857 bits per heavy atom. The third-order valence-electron chi connectivity index (χ3n) is 1.81. The van der Waals surface area contributed by atoms with Gasteiger partial charge in [0.15, 0.2) is 0 Å². The molecule has 0 bridgehead atoms. The number of carbonyl (C=O) groups excluding carboxylic acids is 3. The SMILES string of the molecule is NCCCC[C@H](N)C(=O)[O-].O=C([O-])CCC(=O)[O-].[Li+].[Li+].[Li+]. The van der Waals surface area contributed by atoms with Gasteiger partial charge in [0.2, 0.25) is 0 Å². The van der Waals surface area contributed by atoms with E-state index in [1.54, 1.807) is 0 Å². The molecule has 0 rings (SSSR count). The fraction of sp³-hybridized carbons (Fsp3) is 0.700. The molecule has 0 saturated heterocycles. The fourth-order valence-corrected chi connectivity index (χ4v) is 0.831. The maximum absolute atomic E-state index is 10.0. The van der Waals surface area contributed by atoms with Crippen molar-refractivity contribution >= 4 is 17.9 Å². The number of carboxylic acid groups (broad SMARTS) is 3. The molecule has 0 spiro atoms. The normalized spacial score (nSPS) is 9.43. The van der Waals surface area contributed by atoms with Gasteiger partial charge in [-0.1, -0.05) is 6.42 Å². The largest absolute Gasteiger partial charge is 1.00 e. The summed E-state index contributed by atoms with van der Waals surface area (Å²) in [6.45, 7) is 0.583. The van der Waals surface area contributed by atoms with Crippen LogP contribution < -0.4 is 83.4 Å². The molecule has 0 radical (unpaired) electrons. The minimum absolute atomic E-state index is 0. The molecule has 0 aliphatic carbocycles. The number of carbonyl (C=O) groups is 3. The van der Waals surface area contributed by atoms with Crippen molar-refractivity contribution in [2.45, 2.75) is 38.1 Å². The molecule has 21 heavy (non-hydrogen) atoms. The van der Waals surface area contributed by atoms with Crippen molar-refractivity contribution in [3.8, 4) is 0 Å². The maximum atomic E-state index is 10.0. The molecule has 0 unspecified atom stereocenters. The van der Waals surface area contributed by atoms with Crippen molar-refractivity contribution in [1.82, 2.24) is 0 Å². The van der Waals surface area contributed by atoms with Gasteiger partial charge < -0.3 is 41.2 Å². The van der Waals surface area contributed by atoms with Gasteiger partial charge in [-0.25, -0.2) is 0 Å². The van der Waals surface area contributed by atoms with E-state index < -0.39 is 36.8 Å². The second kappa shape index (κ2) is 22.4. The van der Waals surface area contributed by atoms with E-state index in [9.17, 15) is 29.7 Å². The number of hydrogen-bond donors (Lipinski definition) is 2. The summed E-state index contributed by atoms with van der Waals surface area (Å²) in [6, 6.07) is -0.827. The van der Waals surface area contributed by atoms with Gasteiger partial charge in [-0.05, 0) is 32.2 Å². The van der Waals surface area contributed by atoms with Crippen LogP contribution in [0.15, 0.2) is 0 Å². The molecular weight excluding hydrogens is 265 g/mol. The van der Waals surface area contributed by atoms with E-state index in [1.165, 1.54) is 0 Å². The molecule has 11 heteroatoms. The van der Waals surface area contributed by atoms with Gasteiger partial charge in [0.25, 0.3) is 0 Å². The molecule has 106 valence electrons. The summed E-state index contributed by atoms with van der Waals surface area (Å²) in [4.78, 5) is 29.0. The van der Waals surface area contributed by atoms with Gasteiger partial charge >= 0.3 is 56.6 Å². The van der Waals surface area contributed by atoms with Crippen molar-refractivity contribution < 1.29 is 86.3 Å². The van der Waals surface area contributed by atoms with E-state index in [4.69, 9.17) is 11.5 Å². The summed E-state index contributed by atoms with van der Waals surface area (Å²) in [7, 11) is 0. The molecule has 0 aliphatic rings. The topological polar surface area (TPSA) is 172 Å². The third-order valence-corrected chi connectivity index (χ3v) is 1.81. The second-order valence-corrected chi connectivity index (χ2v) is 3.45. The molecule has 1 atom stereocenters. The molecule has 4 N–H and O–H groups in total. The van der Waals surface area contributed by atoms with Gasteiger partial charge in [0, 0.05) is 18.0 Å². The van der Waals surface area contributed by atoms with Crippen LogP contribution in [0.1, 0.15) is 32.1 Å². The van der Waals surface area contributed by atoms with Crippen molar-refractivity contribution in [2.24, 2.45) is 11.5 Å². The average Bonchev–Trinajstić information content (AvgIpc) is 2.27. The first-order valence-corrected chi connectivity index (χ1v) is 5.37. The van der Waals surface area contributed by atoms with Crippen LogP contribution >= 0.6 is 0 Å². The fourth-order valence-electron chi connectivity index (χ4n) is 0.831. The Balaban J connectivity index is -0.0000000724. The number of rotatable bonds is 8. The number of unbranched alkanes of at least 4 members (excludes halogenated alkanes) is 1. The van der Waals surface area contributed by atoms with Crippen LogP contribution in [0.2, 0.25) is 0 Å². The Morgan fingerprint density at radius 3 is 1.48 bits per heavy atom. The number of nitrogens with two attached hydrogens (primary N) is 2. The molecule has 0 aromatic rings. The van der Waals surface area contributed by atoms with Crippen molar-refractivity contribution in [3.63, 3.8) is 0 Å². The monoisotopic (exact) mass is 282 g/mol. The Labute approximate surface area is 159 Å². The van der Waals surface area contributed by atoms with Crippen LogP contribution in [-0.4, -0.2) is 30.5 Å². The smallest absolute Gasteiger partial charge is 0.550 e. The quantitative estimate of drug-likeness (QED) is 0.326. The minimum atomic E-state index is -1.37. The first-order valence-electron chi connectivity index (χ1n) is 5.37. The van der Waals surface area contributed by atoms with Crippen LogP contribution in [0, 0.1) is 0 Å². The Bertz CT molecular complexity index is 268. The van der Waals surface area contributed by atoms with E-state index in [0.717, 1.165) is 12.8 Å². The van der Waals surface area contributed by atoms with Crippen molar-refractivity contribution in [2.75, 3.05) is 6.54 Å². The van der Waals surface area contributed by atoms with Crippen LogP contribution in [0.25, 0.3) is 0 Å². The zero-order valence-electron chi connectivity index (χ0n) is 12.9. The molecular formula is C10H17Li3N2O6. The van der Waals surface area contributed by atoms with E-state index in [1.807, 2.05) is 0 Å². The first-order chi connectivity index (χ1) is 8.31. The van der Waals surface area contributed by atoms with Gasteiger partial charge in [0.1, 0.15) is 0 Å². The summed E-state index contributed by atoms with van der Waals surface area (Å²) < 4.78 is 0. The predicted octanol–water partition coefficient (Wildman–Crippen LogP) is -13.5. The number of hydrogen-bond acceptors (Lipinski definition) is 8. The Morgan fingerprint density at radius 2 is 1.24 bits per heavy atom. The summed E-state index contributed by atoms with van der Waals surface area (Å²) in [5, 5.41) is 29.0. The second-order valence-electron chi connectivity index (χ2n) is 3.45. The van der Waals surface area contributed by atoms with Gasteiger partial charge in [-0.3, -0.25) is 0 Å². The summed E-state index contributed by atoms with van der Waals surface area (Å²) in [6.07, 6.45) is 1.09. The molecule has 8 nitrogen and oxygen atoms in total. The molecule has 0 aromatic heterocycles. The van der Waals surface area contributed by atoms with E-state index in [-0.39, 0.29) is 56.6 Å². The van der Waals surface area contributed by atoms with Crippen LogP contribution in [-0.2, 0) is 14.4 Å². The van der Waals surface area contributed by atoms with E-state index in [0.29, 0.717) is 13.0 Å². The summed E-state index contributed by atoms with van der Waals surface area (Å²) >= 11 is 0. The number of carboxylic acids is 3. The summed E-state index contributed by atoms with van der Waals surface area (Å²) in [5.74, 6) is -3.92. The standard InChI is InChI=1S/C6H14N2O2.C4H6O4.3Li/c7-4-2-1-3-5(8)6(9)10;5-3(6)1-2-4(7)8;;;/h5H,1-4,7-8H2,(H,9,10);1-2H2,(H,5,6)(H,7,8);;;/q;;3*+1/p-3/t5-;;;;/m0..../s1. The van der Waals surface area contributed by atoms with Crippen molar-refractivity contribution in [1.29, 1.82) is 0 Å².